The molecule has 20 heavy (non-hydrogen) atoms. The Labute approximate surface area is 115 Å². The predicted molar refractivity (Wildman–Crippen MR) is 70.8 cm³/mol. The molecule has 0 saturated carbocycles. The number of ether oxygens (including phenoxy) is 1. The Balaban J connectivity index is 2.26. The highest BCUT2D eigenvalue weighted by atomic mass is 19.1. The minimum absolute atomic E-state index is 0.141. The zero-order valence-electron chi connectivity index (χ0n) is 11.0. The summed E-state index contributed by atoms with van der Waals surface area (Å²) in [5.74, 6) is -1.37. The normalized spacial score (nSPS) is 10.7. The first kappa shape index (κ1) is 14.2. The number of hydrogen-bond acceptors (Lipinski definition) is 3. The van der Waals surface area contributed by atoms with Crippen LogP contribution >= 0.6 is 0 Å². The number of hydrogen-bond donors (Lipinski definition) is 1. The Hall–Kier alpha value is -2.21. The fourth-order valence-corrected chi connectivity index (χ4v) is 1.87. The van der Waals surface area contributed by atoms with Gasteiger partial charge in [-0.2, -0.15) is 5.10 Å². The number of rotatable bonds is 6. The third-order valence-corrected chi connectivity index (χ3v) is 2.83. The summed E-state index contributed by atoms with van der Waals surface area (Å²) in [7, 11) is 1.60. The van der Waals surface area contributed by atoms with Crippen molar-refractivity contribution in [1.29, 1.82) is 0 Å². The average Bonchev–Trinajstić information content (AvgIpc) is 2.86. The number of carboxylic acid groups (broad SMARTS) is 1. The molecular formula is C14H15FN2O3. The summed E-state index contributed by atoms with van der Waals surface area (Å²) in [5.41, 5.74) is 1.33. The van der Waals surface area contributed by atoms with Crippen LogP contribution in [0.1, 0.15) is 5.56 Å². The van der Waals surface area contributed by atoms with Gasteiger partial charge in [0.1, 0.15) is 5.82 Å². The Bertz CT molecular complexity index is 610. The van der Waals surface area contributed by atoms with Crippen molar-refractivity contribution in [2.75, 3.05) is 13.7 Å². The number of nitrogens with zero attached hydrogens (tertiary/aromatic N) is 2. The lowest BCUT2D eigenvalue weighted by Crippen LogP contribution is -2.04. The largest absolute Gasteiger partial charge is 0.481 e. The Morgan fingerprint density at radius 2 is 2.25 bits per heavy atom. The molecule has 0 atom stereocenters. The van der Waals surface area contributed by atoms with Gasteiger partial charge in [-0.05, 0) is 23.8 Å². The summed E-state index contributed by atoms with van der Waals surface area (Å²) >= 11 is 0. The smallest absolute Gasteiger partial charge is 0.307 e. The standard InChI is InChI=1S/C14H15FN2O3/c1-20-7-6-17-5-4-13(16-17)11-8-10(9-14(18)19)2-3-12(11)15/h2-5,8H,6-7,9H2,1H3,(H,18,19). The first-order valence-corrected chi connectivity index (χ1v) is 6.13. The molecule has 2 aromatic rings. The fourth-order valence-electron chi connectivity index (χ4n) is 1.87. The van der Waals surface area contributed by atoms with E-state index in [1.165, 1.54) is 18.2 Å². The van der Waals surface area contributed by atoms with Crippen molar-refractivity contribution in [2.24, 2.45) is 0 Å². The molecule has 1 aromatic carbocycles. The van der Waals surface area contributed by atoms with Crippen LogP contribution in [-0.4, -0.2) is 34.6 Å². The lowest BCUT2D eigenvalue weighted by Gasteiger charge is -2.04. The van der Waals surface area contributed by atoms with Crippen molar-refractivity contribution in [3.8, 4) is 11.3 Å². The van der Waals surface area contributed by atoms with E-state index in [1.807, 2.05) is 0 Å². The first-order chi connectivity index (χ1) is 9.60. The molecule has 0 saturated heterocycles. The Morgan fingerprint density at radius 1 is 1.45 bits per heavy atom. The molecule has 1 heterocycles. The number of carbonyl (C=O) groups is 1. The molecule has 0 spiro atoms. The molecule has 5 nitrogen and oxygen atoms in total. The molecule has 0 amide bonds. The number of carboxylic acids is 1. The van der Waals surface area contributed by atoms with Crippen LogP contribution in [0.5, 0.6) is 0 Å². The third-order valence-electron chi connectivity index (χ3n) is 2.83. The van der Waals surface area contributed by atoms with Crippen LogP contribution in [0.25, 0.3) is 11.3 Å². The van der Waals surface area contributed by atoms with E-state index in [0.717, 1.165) is 0 Å². The van der Waals surface area contributed by atoms with E-state index in [-0.39, 0.29) is 6.42 Å². The number of benzene rings is 1. The van der Waals surface area contributed by atoms with Crippen molar-refractivity contribution < 1.29 is 19.0 Å². The van der Waals surface area contributed by atoms with E-state index in [2.05, 4.69) is 5.10 Å². The predicted octanol–water partition coefficient (Wildman–Crippen LogP) is 1.96. The maximum Gasteiger partial charge on any atom is 0.307 e. The maximum atomic E-state index is 13.8. The van der Waals surface area contributed by atoms with E-state index in [4.69, 9.17) is 9.84 Å². The average molecular weight is 278 g/mol. The van der Waals surface area contributed by atoms with Crippen molar-refractivity contribution in [1.82, 2.24) is 9.78 Å². The molecule has 0 aliphatic rings. The first-order valence-electron chi connectivity index (χ1n) is 6.13. The summed E-state index contributed by atoms with van der Waals surface area (Å²) in [6, 6.07) is 5.95. The van der Waals surface area contributed by atoms with Gasteiger partial charge in [0.15, 0.2) is 0 Å². The van der Waals surface area contributed by atoms with Crippen LogP contribution in [-0.2, 0) is 22.5 Å². The van der Waals surface area contributed by atoms with Gasteiger partial charge in [0.2, 0.25) is 0 Å². The zero-order chi connectivity index (χ0) is 14.5. The summed E-state index contributed by atoms with van der Waals surface area (Å²) in [6.45, 7) is 1.09. The molecule has 1 N–H and O–H groups in total. The van der Waals surface area contributed by atoms with Gasteiger partial charge < -0.3 is 9.84 Å². The van der Waals surface area contributed by atoms with Crippen LogP contribution in [0.4, 0.5) is 4.39 Å². The number of methoxy groups -OCH3 is 1. The summed E-state index contributed by atoms with van der Waals surface area (Å²) in [6.07, 6.45) is 1.59. The molecule has 0 unspecified atom stereocenters. The van der Waals surface area contributed by atoms with E-state index in [1.54, 1.807) is 24.1 Å². The molecule has 0 radical (unpaired) electrons. The molecule has 0 aliphatic heterocycles. The van der Waals surface area contributed by atoms with Gasteiger partial charge in [0.25, 0.3) is 0 Å². The minimum atomic E-state index is -0.951. The molecule has 2 rings (SSSR count). The van der Waals surface area contributed by atoms with Gasteiger partial charge in [-0.15, -0.1) is 0 Å². The quantitative estimate of drug-likeness (QED) is 0.877. The van der Waals surface area contributed by atoms with Gasteiger partial charge >= 0.3 is 5.97 Å². The van der Waals surface area contributed by atoms with Crippen molar-refractivity contribution in [2.45, 2.75) is 13.0 Å². The zero-order valence-corrected chi connectivity index (χ0v) is 11.0. The number of aliphatic carboxylic acids is 1. The van der Waals surface area contributed by atoms with Crippen LogP contribution in [0.15, 0.2) is 30.5 Å². The minimum Gasteiger partial charge on any atom is -0.481 e. The van der Waals surface area contributed by atoms with Crippen LogP contribution in [0, 0.1) is 5.82 Å². The monoisotopic (exact) mass is 278 g/mol. The third kappa shape index (κ3) is 3.42. The van der Waals surface area contributed by atoms with Gasteiger partial charge in [-0.25, -0.2) is 4.39 Å². The molecule has 6 heteroatoms. The lowest BCUT2D eigenvalue weighted by molar-refractivity contribution is -0.136. The molecule has 0 aliphatic carbocycles. The Morgan fingerprint density at radius 3 is 2.95 bits per heavy atom. The molecule has 106 valence electrons. The summed E-state index contributed by atoms with van der Waals surface area (Å²) in [4.78, 5) is 10.7. The highest BCUT2D eigenvalue weighted by molar-refractivity contribution is 5.71. The van der Waals surface area contributed by atoms with Gasteiger partial charge in [0, 0.05) is 18.9 Å². The molecule has 0 bridgehead atoms. The van der Waals surface area contributed by atoms with Crippen LogP contribution in [0.2, 0.25) is 0 Å². The molecule has 1 aromatic heterocycles. The van der Waals surface area contributed by atoms with E-state index >= 15 is 0 Å². The second kappa shape index (κ2) is 6.29. The summed E-state index contributed by atoms with van der Waals surface area (Å²) < 4.78 is 20.4. The highest BCUT2D eigenvalue weighted by Crippen LogP contribution is 2.22. The SMILES string of the molecule is COCCn1ccc(-c2cc(CC(=O)O)ccc2F)n1. The topological polar surface area (TPSA) is 64.3 Å². The molecule has 0 fully saturated rings. The number of aromatic nitrogens is 2. The summed E-state index contributed by atoms with van der Waals surface area (Å²) in [5, 5.41) is 13.0. The van der Waals surface area contributed by atoms with Crippen molar-refractivity contribution in [3.05, 3.63) is 41.8 Å². The van der Waals surface area contributed by atoms with Gasteiger partial charge in [-0.3, -0.25) is 9.48 Å². The van der Waals surface area contributed by atoms with Crippen LogP contribution in [0.3, 0.4) is 0 Å². The van der Waals surface area contributed by atoms with E-state index in [9.17, 15) is 9.18 Å². The second-order valence-corrected chi connectivity index (χ2v) is 4.34. The fraction of sp³-hybridized carbons (Fsp3) is 0.286. The Kier molecular flexibility index (Phi) is 4.47. The van der Waals surface area contributed by atoms with E-state index < -0.39 is 11.8 Å². The van der Waals surface area contributed by atoms with Gasteiger partial charge in [-0.1, -0.05) is 6.07 Å². The van der Waals surface area contributed by atoms with Crippen LogP contribution < -0.4 is 0 Å². The van der Waals surface area contributed by atoms with Crippen molar-refractivity contribution >= 4 is 5.97 Å². The highest BCUT2D eigenvalue weighted by Gasteiger charge is 2.11. The second-order valence-electron chi connectivity index (χ2n) is 4.34. The lowest BCUT2D eigenvalue weighted by atomic mass is 10.1. The maximum absolute atomic E-state index is 13.8. The molecular weight excluding hydrogens is 263 g/mol. The number of halogens is 1. The van der Waals surface area contributed by atoms with E-state index in [0.29, 0.717) is 30.0 Å². The van der Waals surface area contributed by atoms with Crippen molar-refractivity contribution in [3.63, 3.8) is 0 Å². The van der Waals surface area contributed by atoms with Gasteiger partial charge in [0.05, 0.1) is 25.3 Å².